The van der Waals surface area contributed by atoms with E-state index < -0.39 is 0 Å². The summed E-state index contributed by atoms with van der Waals surface area (Å²) in [4.78, 5) is 13.3. The number of amides is 1. The summed E-state index contributed by atoms with van der Waals surface area (Å²) in [6.45, 7) is 1.71. The van der Waals surface area contributed by atoms with Gasteiger partial charge in [0.2, 0.25) is 5.91 Å². The van der Waals surface area contributed by atoms with Crippen LogP contribution in [-0.4, -0.2) is 31.0 Å². The van der Waals surface area contributed by atoms with Crippen molar-refractivity contribution in [2.45, 2.75) is 25.8 Å². The highest BCUT2D eigenvalue weighted by molar-refractivity contribution is 5.76. The molecule has 1 amide bonds. The summed E-state index contributed by atoms with van der Waals surface area (Å²) in [5.41, 5.74) is 1.09. The van der Waals surface area contributed by atoms with Crippen LogP contribution in [0.25, 0.3) is 0 Å². The Bertz CT molecular complexity index is 434. The van der Waals surface area contributed by atoms with E-state index in [-0.39, 0.29) is 11.9 Å². The smallest absolute Gasteiger partial charge is 0.223 e. The second-order valence-electron chi connectivity index (χ2n) is 4.16. The minimum absolute atomic E-state index is 0.0140. The van der Waals surface area contributed by atoms with Crippen molar-refractivity contribution >= 4 is 5.91 Å². The van der Waals surface area contributed by atoms with Crippen molar-refractivity contribution in [3.05, 3.63) is 29.8 Å². The van der Waals surface area contributed by atoms with Crippen LogP contribution in [0, 0.1) is 11.3 Å². The average Bonchev–Trinajstić information content (AvgIpc) is 2.43. The highest BCUT2D eigenvalue weighted by Gasteiger charge is 2.14. The number of nitriles is 1. The normalized spacial score (nSPS) is 11.4. The first-order chi connectivity index (χ1) is 8.58. The van der Waals surface area contributed by atoms with Crippen LogP contribution in [0.3, 0.4) is 0 Å². The molecule has 0 bridgehead atoms. The number of nitrogens with zero attached hydrogens (tertiary/aromatic N) is 2. The molecule has 4 nitrogen and oxygen atoms in total. The number of ether oxygens (including phenoxy) is 1. The summed E-state index contributed by atoms with van der Waals surface area (Å²) in [7, 11) is 3.28. The lowest BCUT2D eigenvalue weighted by Crippen LogP contribution is -2.34. The third-order valence-electron chi connectivity index (χ3n) is 2.95. The van der Waals surface area contributed by atoms with Crippen molar-refractivity contribution in [1.29, 1.82) is 5.26 Å². The van der Waals surface area contributed by atoms with Crippen LogP contribution in [0.2, 0.25) is 0 Å². The van der Waals surface area contributed by atoms with Gasteiger partial charge in [0.15, 0.2) is 0 Å². The molecule has 0 N–H and O–H groups in total. The van der Waals surface area contributed by atoms with Crippen molar-refractivity contribution in [3.8, 4) is 11.8 Å². The van der Waals surface area contributed by atoms with Crippen LogP contribution in [0.1, 0.15) is 18.9 Å². The molecule has 0 radical (unpaired) electrons. The molecule has 1 atom stereocenters. The Balaban J connectivity index is 2.49. The first-order valence-electron chi connectivity index (χ1n) is 5.86. The van der Waals surface area contributed by atoms with E-state index in [9.17, 15) is 4.79 Å². The van der Waals surface area contributed by atoms with Gasteiger partial charge in [-0.1, -0.05) is 12.1 Å². The fourth-order valence-electron chi connectivity index (χ4n) is 1.52. The molecule has 18 heavy (non-hydrogen) atoms. The van der Waals surface area contributed by atoms with Crippen molar-refractivity contribution < 1.29 is 9.53 Å². The molecule has 0 heterocycles. The molecule has 1 aromatic rings. The predicted octanol–water partition coefficient (Wildman–Crippen LogP) is 2.00. The number of carbonyl (C=O) groups excluding carboxylic acids is 1. The molecule has 0 saturated heterocycles. The molecule has 1 unspecified atom stereocenters. The fourth-order valence-corrected chi connectivity index (χ4v) is 1.52. The number of aryl methyl sites for hydroxylation is 1. The van der Waals surface area contributed by atoms with Crippen LogP contribution >= 0.6 is 0 Å². The van der Waals surface area contributed by atoms with Crippen molar-refractivity contribution in [1.82, 2.24) is 4.90 Å². The van der Waals surface area contributed by atoms with Gasteiger partial charge in [-0.3, -0.25) is 4.79 Å². The van der Waals surface area contributed by atoms with E-state index in [1.807, 2.05) is 30.3 Å². The van der Waals surface area contributed by atoms with Gasteiger partial charge >= 0.3 is 0 Å². The van der Waals surface area contributed by atoms with Crippen molar-refractivity contribution in [2.75, 3.05) is 14.2 Å². The fraction of sp³-hybridized carbons (Fsp3) is 0.429. The molecule has 96 valence electrons. The van der Waals surface area contributed by atoms with Crippen LogP contribution in [0.15, 0.2) is 24.3 Å². The maximum absolute atomic E-state index is 11.8. The SMILES string of the molecule is COc1ccc(CCC(=O)N(C)C(C)C#N)cc1. The first kappa shape index (κ1) is 14.0. The van der Waals surface area contributed by atoms with E-state index in [0.717, 1.165) is 11.3 Å². The zero-order valence-corrected chi connectivity index (χ0v) is 11.0. The Labute approximate surface area is 108 Å². The van der Waals surface area contributed by atoms with E-state index in [4.69, 9.17) is 10.00 Å². The van der Waals surface area contributed by atoms with Gasteiger partial charge in [0.1, 0.15) is 11.8 Å². The van der Waals surface area contributed by atoms with Gasteiger partial charge in [0.25, 0.3) is 0 Å². The minimum Gasteiger partial charge on any atom is -0.497 e. The number of hydrogen-bond acceptors (Lipinski definition) is 3. The van der Waals surface area contributed by atoms with Crippen molar-refractivity contribution in [2.24, 2.45) is 0 Å². The molecular formula is C14H18N2O2. The Kier molecular flexibility index (Phi) is 5.19. The van der Waals surface area contributed by atoms with Gasteiger partial charge in [0, 0.05) is 13.5 Å². The predicted molar refractivity (Wildman–Crippen MR) is 69.2 cm³/mol. The minimum atomic E-state index is -0.381. The lowest BCUT2D eigenvalue weighted by atomic mass is 10.1. The van der Waals surface area contributed by atoms with E-state index in [1.165, 1.54) is 4.90 Å². The lowest BCUT2D eigenvalue weighted by Gasteiger charge is -2.19. The van der Waals surface area contributed by atoms with Crippen LogP contribution in [0.5, 0.6) is 5.75 Å². The van der Waals surface area contributed by atoms with E-state index in [0.29, 0.717) is 12.8 Å². The first-order valence-corrected chi connectivity index (χ1v) is 5.86. The van der Waals surface area contributed by atoms with Crippen LogP contribution < -0.4 is 4.74 Å². The largest absolute Gasteiger partial charge is 0.497 e. The summed E-state index contributed by atoms with van der Waals surface area (Å²) in [6, 6.07) is 9.31. The summed E-state index contributed by atoms with van der Waals surface area (Å²) in [5, 5.41) is 8.74. The molecule has 0 spiro atoms. The van der Waals surface area contributed by atoms with Gasteiger partial charge < -0.3 is 9.64 Å². The van der Waals surface area contributed by atoms with Crippen LogP contribution in [0.4, 0.5) is 0 Å². The summed E-state index contributed by atoms with van der Waals surface area (Å²) >= 11 is 0. The second kappa shape index (κ2) is 6.65. The van der Waals surface area contributed by atoms with Crippen LogP contribution in [-0.2, 0) is 11.2 Å². The Morgan fingerprint density at radius 3 is 2.56 bits per heavy atom. The number of methoxy groups -OCH3 is 1. The standard InChI is InChI=1S/C14H18N2O2/c1-11(10-15)16(2)14(17)9-6-12-4-7-13(18-3)8-5-12/h4-5,7-8,11H,6,9H2,1-3H3. The quantitative estimate of drug-likeness (QED) is 0.798. The van der Waals surface area contributed by atoms with Gasteiger partial charge in [-0.15, -0.1) is 0 Å². The second-order valence-corrected chi connectivity index (χ2v) is 4.16. The molecule has 0 aliphatic carbocycles. The zero-order valence-electron chi connectivity index (χ0n) is 11.0. The lowest BCUT2D eigenvalue weighted by molar-refractivity contribution is -0.130. The average molecular weight is 246 g/mol. The molecule has 4 heteroatoms. The molecule has 1 rings (SSSR count). The zero-order chi connectivity index (χ0) is 13.5. The Hall–Kier alpha value is -2.02. The molecular weight excluding hydrogens is 228 g/mol. The molecule has 0 aliphatic heterocycles. The maximum Gasteiger partial charge on any atom is 0.223 e. The van der Waals surface area contributed by atoms with E-state index in [1.54, 1.807) is 21.1 Å². The monoisotopic (exact) mass is 246 g/mol. The molecule has 0 fully saturated rings. The highest BCUT2D eigenvalue weighted by atomic mass is 16.5. The summed E-state index contributed by atoms with van der Waals surface area (Å²) in [5.74, 6) is 0.792. The van der Waals surface area contributed by atoms with Gasteiger partial charge in [-0.2, -0.15) is 5.26 Å². The summed E-state index contributed by atoms with van der Waals surface area (Å²) in [6.07, 6.45) is 1.08. The highest BCUT2D eigenvalue weighted by Crippen LogP contribution is 2.13. The molecule has 1 aromatic carbocycles. The van der Waals surface area contributed by atoms with E-state index in [2.05, 4.69) is 0 Å². The number of rotatable bonds is 5. The summed E-state index contributed by atoms with van der Waals surface area (Å²) < 4.78 is 5.07. The third kappa shape index (κ3) is 3.77. The van der Waals surface area contributed by atoms with Crippen molar-refractivity contribution in [3.63, 3.8) is 0 Å². The molecule has 0 aromatic heterocycles. The topological polar surface area (TPSA) is 53.3 Å². The Morgan fingerprint density at radius 2 is 2.06 bits per heavy atom. The molecule has 0 aliphatic rings. The number of benzene rings is 1. The van der Waals surface area contributed by atoms with E-state index >= 15 is 0 Å². The number of carbonyl (C=O) groups is 1. The Morgan fingerprint density at radius 1 is 1.44 bits per heavy atom. The third-order valence-corrected chi connectivity index (χ3v) is 2.95. The maximum atomic E-state index is 11.8. The van der Waals surface area contributed by atoms with Gasteiger partial charge in [-0.05, 0) is 31.0 Å². The molecule has 0 saturated carbocycles. The van der Waals surface area contributed by atoms with Gasteiger partial charge in [0.05, 0.1) is 13.2 Å². The number of hydrogen-bond donors (Lipinski definition) is 0. The van der Waals surface area contributed by atoms with Gasteiger partial charge in [-0.25, -0.2) is 0 Å².